The van der Waals surface area contributed by atoms with Gasteiger partial charge in [0.05, 0.1) is 0 Å². The second-order valence-corrected chi connectivity index (χ2v) is 1.83. The molecule has 1 rings (SSSR count). The summed E-state index contributed by atoms with van der Waals surface area (Å²) in [4.78, 5) is 3.96. The van der Waals surface area contributed by atoms with Gasteiger partial charge in [-0.2, -0.15) is 4.45 Å². The van der Waals surface area contributed by atoms with E-state index in [1.54, 1.807) is 6.20 Å². The van der Waals surface area contributed by atoms with Crippen molar-refractivity contribution >= 4 is 22.0 Å². The third-order valence-electron chi connectivity index (χ3n) is 0.840. The first kappa shape index (κ1) is 6.51. The first-order valence-electron chi connectivity index (χ1n) is 2.46. The largest absolute Gasteiger partial charge is 0.296 e. The van der Waals surface area contributed by atoms with Crippen LogP contribution in [0.15, 0.2) is 24.4 Å². The minimum atomic E-state index is 0.786. The predicted octanol–water partition coefficient (Wildman–Crippen LogP) is 1.31. The van der Waals surface area contributed by atoms with Gasteiger partial charge < -0.3 is 0 Å². The number of halogens is 1. The van der Waals surface area contributed by atoms with Crippen LogP contribution in [0.1, 0.15) is 0 Å². The quantitative estimate of drug-likeness (QED) is 0.542. The van der Waals surface area contributed by atoms with Gasteiger partial charge in [-0.25, -0.2) is 4.98 Å². The van der Waals surface area contributed by atoms with E-state index in [4.69, 9.17) is 0 Å². The molecule has 0 atom stereocenters. The van der Waals surface area contributed by atoms with Crippen LogP contribution in [0.4, 0.5) is 5.82 Å². The molecule has 0 bridgehead atoms. The Hall–Kier alpha value is -0.610. The van der Waals surface area contributed by atoms with Crippen LogP contribution in [0, 0.1) is 0 Å². The Bertz CT molecular complexity index is 165. The summed E-state index contributed by atoms with van der Waals surface area (Å²) in [5.74, 6) is 0.786. The number of nitrogens with one attached hydrogen (secondary N) is 2. The monoisotopic (exact) mass is 187 g/mol. The van der Waals surface area contributed by atoms with Gasteiger partial charge >= 0.3 is 0 Å². The molecule has 4 heteroatoms. The van der Waals surface area contributed by atoms with Crippen LogP contribution in [-0.2, 0) is 0 Å². The first-order chi connectivity index (χ1) is 4.43. The van der Waals surface area contributed by atoms with Gasteiger partial charge in [0.2, 0.25) is 0 Å². The van der Waals surface area contributed by atoms with Gasteiger partial charge in [-0.15, -0.1) is 0 Å². The SMILES string of the molecule is BrNNc1ccccn1. The van der Waals surface area contributed by atoms with Crippen molar-refractivity contribution in [2.24, 2.45) is 0 Å². The average molecular weight is 188 g/mol. The molecule has 9 heavy (non-hydrogen) atoms. The summed E-state index contributed by atoms with van der Waals surface area (Å²) in [5, 5.41) is 0. The molecule has 1 aromatic rings. The Kier molecular flexibility index (Phi) is 2.48. The molecule has 3 nitrogen and oxygen atoms in total. The zero-order chi connectivity index (χ0) is 6.53. The van der Waals surface area contributed by atoms with E-state index in [1.807, 2.05) is 18.2 Å². The van der Waals surface area contributed by atoms with Crippen molar-refractivity contribution in [2.45, 2.75) is 0 Å². The summed E-state index contributed by atoms with van der Waals surface area (Å²) in [6.07, 6.45) is 1.71. The molecular weight excluding hydrogens is 182 g/mol. The topological polar surface area (TPSA) is 37.0 Å². The zero-order valence-corrected chi connectivity index (χ0v) is 6.22. The Balaban J connectivity index is 2.61. The molecule has 0 aromatic carbocycles. The number of rotatable bonds is 2. The van der Waals surface area contributed by atoms with E-state index in [2.05, 4.69) is 31.0 Å². The smallest absolute Gasteiger partial charge is 0.140 e. The van der Waals surface area contributed by atoms with Crippen molar-refractivity contribution in [3.8, 4) is 0 Å². The molecule has 0 aliphatic heterocycles. The Labute approximate surface area is 61.8 Å². The number of hydrogen-bond acceptors (Lipinski definition) is 3. The molecule has 1 aromatic heterocycles. The number of hydrogen-bond donors (Lipinski definition) is 2. The maximum Gasteiger partial charge on any atom is 0.140 e. The number of pyridine rings is 1. The van der Waals surface area contributed by atoms with Crippen LogP contribution in [0.2, 0.25) is 0 Å². The molecule has 0 saturated heterocycles. The van der Waals surface area contributed by atoms with E-state index in [0.717, 1.165) is 5.82 Å². The lowest BCUT2D eigenvalue weighted by atomic mass is 10.5. The predicted molar refractivity (Wildman–Crippen MR) is 39.9 cm³/mol. The molecule has 0 aliphatic rings. The van der Waals surface area contributed by atoms with Gasteiger partial charge in [-0.1, -0.05) is 6.07 Å². The molecule has 0 fully saturated rings. The molecule has 1 heterocycles. The van der Waals surface area contributed by atoms with E-state index in [-0.39, 0.29) is 0 Å². The highest BCUT2D eigenvalue weighted by molar-refractivity contribution is 9.08. The van der Waals surface area contributed by atoms with Crippen LogP contribution in [0.5, 0.6) is 0 Å². The van der Waals surface area contributed by atoms with E-state index >= 15 is 0 Å². The summed E-state index contributed by atoms with van der Waals surface area (Å²) in [7, 11) is 0. The number of aromatic nitrogens is 1. The fourth-order valence-corrected chi connectivity index (χ4v) is 0.688. The first-order valence-corrected chi connectivity index (χ1v) is 3.25. The summed E-state index contributed by atoms with van der Waals surface area (Å²) < 4.78 is 2.58. The Morgan fingerprint density at radius 2 is 2.33 bits per heavy atom. The van der Waals surface area contributed by atoms with Crippen molar-refractivity contribution in [3.63, 3.8) is 0 Å². The summed E-state index contributed by atoms with van der Waals surface area (Å²) >= 11 is 2.98. The van der Waals surface area contributed by atoms with Gasteiger partial charge in [-0.3, -0.25) is 5.43 Å². The molecule has 0 radical (unpaired) electrons. The van der Waals surface area contributed by atoms with Gasteiger partial charge in [0.15, 0.2) is 0 Å². The van der Waals surface area contributed by atoms with Gasteiger partial charge in [0.25, 0.3) is 0 Å². The normalized spacial score (nSPS) is 9.00. The van der Waals surface area contributed by atoms with Crippen molar-refractivity contribution in [1.29, 1.82) is 0 Å². The second-order valence-electron chi connectivity index (χ2n) is 1.43. The number of hydrazine groups is 1. The lowest BCUT2D eigenvalue weighted by molar-refractivity contribution is 1.17. The summed E-state index contributed by atoms with van der Waals surface area (Å²) in [5.41, 5.74) is 2.76. The van der Waals surface area contributed by atoms with Crippen LogP contribution in [0.3, 0.4) is 0 Å². The highest BCUT2D eigenvalue weighted by Gasteiger charge is 1.83. The second kappa shape index (κ2) is 3.42. The minimum absolute atomic E-state index is 0.786. The number of nitrogens with zero attached hydrogens (tertiary/aromatic N) is 1. The lowest BCUT2D eigenvalue weighted by Gasteiger charge is -1.97. The maximum absolute atomic E-state index is 3.96. The minimum Gasteiger partial charge on any atom is -0.296 e. The maximum atomic E-state index is 3.96. The summed E-state index contributed by atoms with van der Waals surface area (Å²) in [6, 6.07) is 5.62. The van der Waals surface area contributed by atoms with E-state index < -0.39 is 0 Å². The highest BCUT2D eigenvalue weighted by Crippen LogP contribution is 1.96. The summed E-state index contributed by atoms with van der Waals surface area (Å²) in [6.45, 7) is 0. The number of anilines is 1. The zero-order valence-electron chi connectivity index (χ0n) is 4.63. The van der Waals surface area contributed by atoms with Crippen molar-refractivity contribution in [3.05, 3.63) is 24.4 Å². The molecule has 0 unspecified atom stereocenters. The van der Waals surface area contributed by atoms with Crippen LogP contribution in [0.25, 0.3) is 0 Å². The molecule has 0 spiro atoms. The molecular formula is C5H6BrN3. The fourth-order valence-electron chi connectivity index (χ4n) is 0.485. The van der Waals surface area contributed by atoms with Gasteiger partial charge in [0, 0.05) is 22.3 Å². The third-order valence-corrected chi connectivity index (χ3v) is 1.04. The van der Waals surface area contributed by atoms with Crippen molar-refractivity contribution < 1.29 is 0 Å². The van der Waals surface area contributed by atoms with Gasteiger partial charge in [-0.05, 0) is 12.1 Å². The average Bonchev–Trinajstić information content (AvgIpc) is 1.91. The molecule has 0 amide bonds. The third kappa shape index (κ3) is 1.99. The standard InChI is InChI=1S/C5H6BrN3/c6-9-8-5-3-1-2-4-7-5/h1-4,9H,(H,7,8). The van der Waals surface area contributed by atoms with Crippen LogP contribution < -0.4 is 9.88 Å². The molecule has 48 valence electrons. The molecule has 2 N–H and O–H groups in total. The van der Waals surface area contributed by atoms with E-state index in [0.29, 0.717) is 0 Å². The fraction of sp³-hybridized carbons (Fsp3) is 0. The highest BCUT2D eigenvalue weighted by atomic mass is 79.9. The van der Waals surface area contributed by atoms with Crippen LogP contribution in [-0.4, -0.2) is 4.98 Å². The van der Waals surface area contributed by atoms with Crippen molar-refractivity contribution in [2.75, 3.05) is 5.43 Å². The molecule has 0 saturated carbocycles. The van der Waals surface area contributed by atoms with E-state index in [9.17, 15) is 0 Å². The molecule has 0 aliphatic carbocycles. The Morgan fingerprint density at radius 1 is 1.44 bits per heavy atom. The van der Waals surface area contributed by atoms with Gasteiger partial charge in [0.1, 0.15) is 5.82 Å². The van der Waals surface area contributed by atoms with Crippen LogP contribution >= 0.6 is 16.1 Å². The van der Waals surface area contributed by atoms with Crippen molar-refractivity contribution in [1.82, 2.24) is 9.44 Å². The lowest BCUT2D eigenvalue weighted by Crippen LogP contribution is -2.08. The van der Waals surface area contributed by atoms with E-state index in [1.165, 1.54) is 0 Å². The Morgan fingerprint density at radius 3 is 2.89 bits per heavy atom.